The number of anilines is 1. The summed E-state index contributed by atoms with van der Waals surface area (Å²) in [6.45, 7) is 3.04. The van der Waals surface area contributed by atoms with E-state index in [-0.39, 0.29) is 6.61 Å². The van der Waals surface area contributed by atoms with Crippen molar-refractivity contribution in [1.29, 1.82) is 0 Å². The van der Waals surface area contributed by atoms with Crippen molar-refractivity contribution in [3.63, 3.8) is 0 Å². The third-order valence-electron chi connectivity index (χ3n) is 3.41. The maximum absolute atomic E-state index is 8.94. The molecule has 0 bridgehead atoms. The molecule has 0 aliphatic carbocycles. The molecule has 1 aromatic rings. The fraction of sp³-hybridized carbons (Fsp3) is 0.538. The van der Waals surface area contributed by atoms with E-state index in [9.17, 15) is 0 Å². The Balaban J connectivity index is 1.98. The summed E-state index contributed by atoms with van der Waals surface area (Å²) in [5.41, 5.74) is 1.19. The molecule has 1 unspecified atom stereocenters. The summed E-state index contributed by atoms with van der Waals surface area (Å²) < 4.78 is 0. The Morgan fingerprint density at radius 1 is 1.53 bits per heavy atom. The zero-order valence-electron chi connectivity index (χ0n) is 10.1. The first kappa shape index (κ1) is 12.7. The molecular weight excluding hydrogens is 236 g/mol. The molecule has 0 spiro atoms. The van der Waals surface area contributed by atoms with Crippen LogP contribution in [0.2, 0.25) is 5.02 Å². The van der Waals surface area contributed by atoms with E-state index < -0.39 is 0 Å². The average Bonchev–Trinajstić information content (AvgIpc) is 2.78. The minimum Gasteiger partial charge on any atom is -0.395 e. The molecule has 17 heavy (non-hydrogen) atoms. The summed E-state index contributed by atoms with van der Waals surface area (Å²) in [5.74, 6) is 0. The first-order valence-electron chi connectivity index (χ1n) is 6.02. The van der Waals surface area contributed by atoms with Gasteiger partial charge in [-0.05, 0) is 31.7 Å². The lowest BCUT2D eigenvalue weighted by Gasteiger charge is -2.24. The Labute approximate surface area is 108 Å². The maximum Gasteiger partial charge on any atom is 0.0558 e. The third kappa shape index (κ3) is 3.12. The van der Waals surface area contributed by atoms with Crippen molar-refractivity contribution >= 4 is 17.3 Å². The van der Waals surface area contributed by atoms with Gasteiger partial charge in [-0.1, -0.05) is 17.7 Å². The van der Waals surface area contributed by atoms with Crippen molar-refractivity contribution in [2.75, 3.05) is 38.2 Å². The lowest BCUT2D eigenvalue weighted by molar-refractivity contribution is 0.188. The molecule has 0 saturated carbocycles. The van der Waals surface area contributed by atoms with Crippen LogP contribution in [0.25, 0.3) is 0 Å². The fourth-order valence-corrected chi connectivity index (χ4v) is 2.53. The highest BCUT2D eigenvalue weighted by Gasteiger charge is 2.25. The van der Waals surface area contributed by atoms with Gasteiger partial charge in [0.2, 0.25) is 0 Å². The molecule has 4 heteroatoms. The summed E-state index contributed by atoms with van der Waals surface area (Å²) in [6, 6.07) is 8.52. The normalized spacial score (nSPS) is 20.2. The van der Waals surface area contributed by atoms with Crippen LogP contribution in [0.1, 0.15) is 6.42 Å². The number of hydrogen-bond donors (Lipinski definition) is 1. The lowest BCUT2D eigenvalue weighted by atomic mass is 10.2. The van der Waals surface area contributed by atoms with E-state index in [1.54, 1.807) is 0 Å². The quantitative estimate of drug-likeness (QED) is 0.888. The second kappa shape index (κ2) is 5.71. The van der Waals surface area contributed by atoms with Crippen LogP contribution in [0, 0.1) is 0 Å². The van der Waals surface area contributed by atoms with Gasteiger partial charge in [-0.3, -0.25) is 4.90 Å². The Morgan fingerprint density at radius 2 is 2.35 bits per heavy atom. The number of halogens is 1. The summed E-state index contributed by atoms with van der Waals surface area (Å²) in [6.07, 6.45) is 1.14. The standard InChI is InChI=1S/C13H19ClN2O/c1-15(7-8-17)13-5-6-16(10-13)12-4-2-3-11(14)9-12/h2-4,9,13,17H,5-8,10H2,1H3. The van der Waals surface area contributed by atoms with Crippen LogP contribution < -0.4 is 4.90 Å². The van der Waals surface area contributed by atoms with Crippen molar-refractivity contribution in [2.24, 2.45) is 0 Å². The van der Waals surface area contributed by atoms with E-state index in [2.05, 4.69) is 22.9 Å². The third-order valence-corrected chi connectivity index (χ3v) is 3.65. The topological polar surface area (TPSA) is 26.7 Å². The van der Waals surface area contributed by atoms with E-state index in [0.717, 1.165) is 31.1 Å². The highest BCUT2D eigenvalue weighted by atomic mass is 35.5. The second-order valence-electron chi connectivity index (χ2n) is 4.57. The number of aliphatic hydroxyl groups excluding tert-OH is 1. The van der Waals surface area contributed by atoms with E-state index in [4.69, 9.17) is 16.7 Å². The van der Waals surface area contributed by atoms with Crippen molar-refractivity contribution in [3.05, 3.63) is 29.3 Å². The Hall–Kier alpha value is -0.770. The number of benzene rings is 1. The van der Waals surface area contributed by atoms with E-state index in [1.807, 2.05) is 18.2 Å². The van der Waals surface area contributed by atoms with E-state index >= 15 is 0 Å². The van der Waals surface area contributed by atoms with Crippen LogP contribution in [0.4, 0.5) is 5.69 Å². The van der Waals surface area contributed by atoms with E-state index in [0.29, 0.717) is 6.04 Å². The zero-order valence-corrected chi connectivity index (χ0v) is 10.9. The first-order chi connectivity index (χ1) is 8.20. The summed E-state index contributed by atoms with van der Waals surface area (Å²) in [7, 11) is 2.07. The predicted molar refractivity (Wildman–Crippen MR) is 71.8 cm³/mol. The Bertz CT molecular complexity index is 372. The molecule has 2 rings (SSSR count). The number of hydrogen-bond acceptors (Lipinski definition) is 3. The molecule has 1 aliphatic rings. The number of likely N-dealkylation sites (N-methyl/N-ethyl adjacent to an activating group) is 1. The largest absolute Gasteiger partial charge is 0.395 e. The molecule has 1 N–H and O–H groups in total. The van der Waals surface area contributed by atoms with Gasteiger partial charge in [-0.15, -0.1) is 0 Å². The second-order valence-corrected chi connectivity index (χ2v) is 5.01. The summed E-state index contributed by atoms with van der Waals surface area (Å²) in [4.78, 5) is 4.58. The van der Waals surface area contributed by atoms with Gasteiger partial charge in [-0.25, -0.2) is 0 Å². The number of nitrogens with zero attached hydrogens (tertiary/aromatic N) is 2. The van der Waals surface area contributed by atoms with Gasteiger partial charge in [0, 0.05) is 36.4 Å². The molecule has 0 amide bonds. The number of aliphatic hydroxyl groups is 1. The average molecular weight is 255 g/mol. The molecule has 1 fully saturated rings. The zero-order chi connectivity index (χ0) is 12.3. The smallest absolute Gasteiger partial charge is 0.0558 e. The molecular formula is C13H19ClN2O. The van der Waals surface area contributed by atoms with Crippen LogP contribution >= 0.6 is 11.6 Å². The minimum absolute atomic E-state index is 0.226. The molecule has 1 saturated heterocycles. The van der Waals surface area contributed by atoms with Crippen molar-refractivity contribution in [2.45, 2.75) is 12.5 Å². The van der Waals surface area contributed by atoms with Crippen LogP contribution in [-0.4, -0.2) is 49.3 Å². The summed E-state index contributed by atoms with van der Waals surface area (Å²) in [5, 5.41) is 9.73. The molecule has 94 valence electrons. The molecule has 1 atom stereocenters. The van der Waals surface area contributed by atoms with Gasteiger partial charge >= 0.3 is 0 Å². The van der Waals surface area contributed by atoms with E-state index in [1.165, 1.54) is 5.69 Å². The molecule has 1 aliphatic heterocycles. The van der Waals surface area contributed by atoms with Crippen molar-refractivity contribution in [3.8, 4) is 0 Å². The molecule has 0 radical (unpaired) electrons. The van der Waals surface area contributed by atoms with Gasteiger partial charge < -0.3 is 10.0 Å². The Kier molecular flexibility index (Phi) is 4.26. The van der Waals surface area contributed by atoms with Crippen LogP contribution in [0.3, 0.4) is 0 Å². The predicted octanol–water partition coefficient (Wildman–Crippen LogP) is 1.84. The summed E-state index contributed by atoms with van der Waals surface area (Å²) >= 11 is 6.00. The maximum atomic E-state index is 8.94. The van der Waals surface area contributed by atoms with Crippen LogP contribution in [0.15, 0.2) is 24.3 Å². The van der Waals surface area contributed by atoms with Crippen LogP contribution in [-0.2, 0) is 0 Å². The van der Waals surface area contributed by atoms with Gasteiger partial charge in [0.25, 0.3) is 0 Å². The van der Waals surface area contributed by atoms with Crippen LogP contribution in [0.5, 0.6) is 0 Å². The SMILES string of the molecule is CN(CCO)C1CCN(c2cccc(Cl)c2)C1. The fourth-order valence-electron chi connectivity index (χ4n) is 2.35. The van der Waals surface area contributed by atoms with Gasteiger partial charge in [0.05, 0.1) is 6.61 Å². The minimum atomic E-state index is 0.226. The van der Waals surface area contributed by atoms with Crippen molar-refractivity contribution in [1.82, 2.24) is 4.90 Å². The molecule has 1 aromatic carbocycles. The highest BCUT2D eigenvalue weighted by Crippen LogP contribution is 2.24. The van der Waals surface area contributed by atoms with Gasteiger partial charge in [0.1, 0.15) is 0 Å². The van der Waals surface area contributed by atoms with Gasteiger partial charge in [0.15, 0.2) is 0 Å². The lowest BCUT2D eigenvalue weighted by Crippen LogP contribution is -2.36. The molecule has 3 nitrogen and oxygen atoms in total. The van der Waals surface area contributed by atoms with Gasteiger partial charge in [-0.2, -0.15) is 0 Å². The first-order valence-corrected chi connectivity index (χ1v) is 6.40. The Morgan fingerprint density at radius 3 is 3.06 bits per heavy atom. The van der Waals surface area contributed by atoms with Crippen molar-refractivity contribution < 1.29 is 5.11 Å². The number of rotatable bonds is 4. The molecule has 1 heterocycles. The highest BCUT2D eigenvalue weighted by molar-refractivity contribution is 6.30. The monoisotopic (exact) mass is 254 g/mol. The molecule has 0 aromatic heterocycles.